The number of nitrogens with zero attached hydrogens (tertiary/aromatic N) is 1. The Morgan fingerprint density at radius 1 is 1.39 bits per heavy atom. The van der Waals surface area contributed by atoms with Crippen LogP contribution in [0.15, 0.2) is 11.4 Å². The van der Waals surface area contributed by atoms with Crippen molar-refractivity contribution in [1.82, 2.24) is 10.2 Å². The maximum absolute atomic E-state index is 12.4. The minimum absolute atomic E-state index is 0.0117. The molecule has 128 valence electrons. The second-order valence-electron chi connectivity index (χ2n) is 6.59. The molecule has 1 aliphatic heterocycles. The largest absolute Gasteiger partial charge is 0.401 e. The lowest BCUT2D eigenvalue weighted by molar-refractivity contribution is -0.148. The van der Waals surface area contributed by atoms with Crippen LogP contribution in [0.5, 0.6) is 0 Å². The van der Waals surface area contributed by atoms with Gasteiger partial charge >= 0.3 is 6.18 Å². The number of amides is 1. The molecule has 2 aliphatic rings. The number of hydrogen-bond acceptors (Lipinski definition) is 3. The number of carbonyl (C=O) groups is 1. The lowest BCUT2D eigenvalue weighted by atomic mass is 10.0. The van der Waals surface area contributed by atoms with Crippen LogP contribution in [0.2, 0.25) is 0 Å². The van der Waals surface area contributed by atoms with Crippen molar-refractivity contribution < 1.29 is 18.0 Å². The number of rotatable bonds is 4. The summed E-state index contributed by atoms with van der Waals surface area (Å²) in [6, 6.07) is 2.08. The molecule has 0 unspecified atom stereocenters. The molecule has 0 bridgehead atoms. The molecule has 1 saturated carbocycles. The number of thiophene rings is 1. The molecule has 1 amide bonds. The van der Waals surface area contributed by atoms with Crippen molar-refractivity contribution in [2.75, 3.05) is 19.6 Å². The van der Waals surface area contributed by atoms with Crippen LogP contribution in [-0.2, 0) is 4.79 Å². The predicted molar refractivity (Wildman–Crippen MR) is 83.6 cm³/mol. The van der Waals surface area contributed by atoms with Gasteiger partial charge in [0.25, 0.3) is 0 Å². The zero-order valence-electron chi connectivity index (χ0n) is 13.0. The zero-order valence-corrected chi connectivity index (χ0v) is 13.8. The second kappa shape index (κ2) is 6.43. The Kier molecular flexibility index (Phi) is 4.69. The number of nitrogens with one attached hydrogen (secondary N) is 1. The highest BCUT2D eigenvalue weighted by atomic mass is 32.1. The number of hydrogen-bond donors (Lipinski definition) is 1. The van der Waals surface area contributed by atoms with Crippen molar-refractivity contribution in [1.29, 1.82) is 0 Å². The minimum Gasteiger partial charge on any atom is -0.353 e. The van der Waals surface area contributed by atoms with E-state index in [9.17, 15) is 18.0 Å². The number of piperidine rings is 1. The SMILES string of the molecule is Cc1ccsc1[C@H]1C[C@@H]1C(=O)NC1CCN(CC(F)(F)F)CC1. The number of aryl methyl sites for hydroxylation is 1. The van der Waals surface area contributed by atoms with Crippen LogP contribution >= 0.6 is 11.3 Å². The fourth-order valence-electron chi connectivity index (χ4n) is 3.34. The van der Waals surface area contributed by atoms with Gasteiger partial charge in [0, 0.05) is 35.8 Å². The first kappa shape index (κ1) is 16.8. The summed E-state index contributed by atoms with van der Waals surface area (Å²) in [5, 5.41) is 5.08. The summed E-state index contributed by atoms with van der Waals surface area (Å²) in [5.41, 5.74) is 1.25. The van der Waals surface area contributed by atoms with E-state index < -0.39 is 12.7 Å². The Morgan fingerprint density at radius 2 is 2.09 bits per heavy atom. The van der Waals surface area contributed by atoms with Crippen LogP contribution in [0.1, 0.15) is 35.6 Å². The maximum Gasteiger partial charge on any atom is 0.401 e. The second-order valence-corrected chi connectivity index (χ2v) is 7.54. The Hall–Kier alpha value is -1.08. The van der Waals surface area contributed by atoms with Crippen molar-refractivity contribution >= 4 is 17.2 Å². The Bertz CT molecular complexity index is 564. The van der Waals surface area contributed by atoms with E-state index in [0.29, 0.717) is 31.8 Å². The molecule has 0 spiro atoms. The number of likely N-dealkylation sites (tertiary alicyclic amines) is 1. The lowest BCUT2D eigenvalue weighted by Gasteiger charge is -2.32. The molecule has 0 aromatic carbocycles. The molecule has 1 N–H and O–H groups in total. The predicted octanol–water partition coefficient (Wildman–Crippen LogP) is 3.30. The molecule has 7 heteroatoms. The topological polar surface area (TPSA) is 32.3 Å². The molecule has 23 heavy (non-hydrogen) atoms. The molecule has 1 aliphatic carbocycles. The van der Waals surface area contributed by atoms with E-state index in [1.54, 1.807) is 11.3 Å². The van der Waals surface area contributed by atoms with E-state index >= 15 is 0 Å². The van der Waals surface area contributed by atoms with Gasteiger partial charge in [-0.05, 0) is 43.2 Å². The Morgan fingerprint density at radius 3 is 2.65 bits per heavy atom. The van der Waals surface area contributed by atoms with Gasteiger partial charge in [-0.3, -0.25) is 9.69 Å². The molecule has 3 rings (SSSR count). The van der Waals surface area contributed by atoms with E-state index in [2.05, 4.69) is 18.3 Å². The monoisotopic (exact) mass is 346 g/mol. The minimum atomic E-state index is -4.14. The molecule has 3 nitrogen and oxygen atoms in total. The third kappa shape index (κ3) is 4.26. The summed E-state index contributed by atoms with van der Waals surface area (Å²) in [6.07, 6.45) is -2.07. The van der Waals surface area contributed by atoms with Crippen molar-refractivity contribution in [2.24, 2.45) is 5.92 Å². The van der Waals surface area contributed by atoms with E-state index in [1.165, 1.54) is 15.3 Å². The van der Waals surface area contributed by atoms with Crippen molar-refractivity contribution in [3.63, 3.8) is 0 Å². The smallest absolute Gasteiger partial charge is 0.353 e. The van der Waals surface area contributed by atoms with Gasteiger partial charge in [0.2, 0.25) is 5.91 Å². The molecule has 2 heterocycles. The highest BCUT2D eigenvalue weighted by Gasteiger charge is 2.45. The molecule has 0 radical (unpaired) electrons. The highest BCUT2D eigenvalue weighted by molar-refractivity contribution is 7.10. The first-order valence-electron chi connectivity index (χ1n) is 7.97. The van der Waals surface area contributed by atoms with Gasteiger partial charge in [-0.1, -0.05) is 0 Å². The summed E-state index contributed by atoms with van der Waals surface area (Å²) in [7, 11) is 0. The summed E-state index contributed by atoms with van der Waals surface area (Å²) in [4.78, 5) is 15.0. The lowest BCUT2D eigenvalue weighted by Crippen LogP contribution is -2.47. The van der Waals surface area contributed by atoms with E-state index in [1.807, 2.05) is 5.38 Å². The number of halogens is 3. The van der Waals surface area contributed by atoms with Gasteiger partial charge in [-0.15, -0.1) is 11.3 Å². The summed E-state index contributed by atoms with van der Waals surface area (Å²) in [5.74, 6) is 0.443. The number of carbonyl (C=O) groups excluding carboxylic acids is 1. The molecular formula is C16H21F3N2OS. The molecule has 1 aromatic rings. The van der Waals surface area contributed by atoms with Crippen LogP contribution < -0.4 is 5.32 Å². The Balaban J connectivity index is 1.43. The van der Waals surface area contributed by atoms with Crippen molar-refractivity contribution in [3.8, 4) is 0 Å². The Labute approximate surface area is 137 Å². The summed E-state index contributed by atoms with van der Waals surface area (Å²) < 4.78 is 37.1. The van der Waals surface area contributed by atoms with Crippen LogP contribution in [0.25, 0.3) is 0 Å². The zero-order chi connectivity index (χ0) is 16.6. The molecular weight excluding hydrogens is 325 g/mol. The molecule has 1 aromatic heterocycles. The first-order valence-corrected chi connectivity index (χ1v) is 8.85. The fraction of sp³-hybridized carbons (Fsp3) is 0.688. The van der Waals surface area contributed by atoms with E-state index in [0.717, 1.165) is 6.42 Å². The van der Waals surface area contributed by atoms with Crippen molar-refractivity contribution in [2.45, 2.75) is 44.3 Å². The standard InChI is InChI=1S/C16H21F3N2OS/c1-10-4-7-23-14(10)12-8-13(12)15(22)20-11-2-5-21(6-3-11)9-16(17,18)19/h4,7,11-13H,2-3,5-6,8-9H2,1H3,(H,20,22)/t12-,13-/m0/s1. The van der Waals surface area contributed by atoms with Crippen LogP contribution in [0.4, 0.5) is 13.2 Å². The molecule has 1 saturated heterocycles. The van der Waals surface area contributed by atoms with Gasteiger partial charge in [0.15, 0.2) is 0 Å². The maximum atomic E-state index is 12.4. The third-order valence-corrected chi connectivity index (χ3v) is 5.85. The van der Waals surface area contributed by atoms with Crippen molar-refractivity contribution in [3.05, 3.63) is 21.9 Å². The molecule has 2 fully saturated rings. The highest BCUT2D eigenvalue weighted by Crippen LogP contribution is 2.50. The third-order valence-electron chi connectivity index (χ3n) is 4.70. The van der Waals surface area contributed by atoms with Gasteiger partial charge in [-0.2, -0.15) is 13.2 Å². The van der Waals surface area contributed by atoms with Gasteiger partial charge in [0.1, 0.15) is 0 Å². The molecule has 2 atom stereocenters. The summed E-state index contributed by atoms with van der Waals surface area (Å²) in [6.45, 7) is 2.00. The fourth-order valence-corrected chi connectivity index (χ4v) is 4.44. The number of alkyl halides is 3. The van der Waals surface area contributed by atoms with Crippen LogP contribution in [0, 0.1) is 12.8 Å². The van der Waals surface area contributed by atoms with Crippen LogP contribution in [0.3, 0.4) is 0 Å². The van der Waals surface area contributed by atoms with Gasteiger partial charge < -0.3 is 5.32 Å². The van der Waals surface area contributed by atoms with Gasteiger partial charge in [-0.25, -0.2) is 0 Å². The van der Waals surface area contributed by atoms with E-state index in [4.69, 9.17) is 0 Å². The average Bonchev–Trinajstić information content (AvgIpc) is 3.14. The summed E-state index contributed by atoms with van der Waals surface area (Å²) >= 11 is 1.70. The van der Waals surface area contributed by atoms with E-state index in [-0.39, 0.29) is 17.9 Å². The average molecular weight is 346 g/mol. The van der Waals surface area contributed by atoms with Gasteiger partial charge in [0.05, 0.1) is 6.54 Å². The normalized spacial score (nSPS) is 26.3. The first-order chi connectivity index (χ1) is 10.8. The quantitative estimate of drug-likeness (QED) is 0.907. The van der Waals surface area contributed by atoms with Crippen LogP contribution in [-0.4, -0.2) is 42.7 Å².